The first-order valence-electron chi connectivity index (χ1n) is 10.5. The molecule has 0 N–H and O–H groups in total. The van der Waals surface area contributed by atoms with Crippen LogP contribution < -0.4 is 10.3 Å². The fourth-order valence-electron chi connectivity index (χ4n) is 4.47. The summed E-state index contributed by atoms with van der Waals surface area (Å²) in [6.07, 6.45) is 3.11. The second-order valence-corrected chi connectivity index (χ2v) is 7.92. The van der Waals surface area contributed by atoms with Gasteiger partial charge >= 0.3 is 0 Å². The van der Waals surface area contributed by atoms with Crippen LogP contribution in [0.15, 0.2) is 53.3 Å². The highest BCUT2D eigenvalue weighted by atomic mass is 16.5. The first-order valence-corrected chi connectivity index (χ1v) is 10.5. The largest absolute Gasteiger partial charge is 0.497 e. The highest BCUT2D eigenvalue weighted by Gasteiger charge is 2.27. The number of rotatable bonds is 3. The van der Waals surface area contributed by atoms with E-state index in [-0.39, 0.29) is 11.5 Å². The van der Waals surface area contributed by atoms with E-state index in [1.54, 1.807) is 31.4 Å². The second-order valence-electron chi connectivity index (χ2n) is 7.92. The number of hydrogen-bond donors (Lipinski definition) is 0. The van der Waals surface area contributed by atoms with Gasteiger partial charge in [0, 0.05) is 36.4 Å². The van der Waals surface area contributed by atoms with Gasteiger partial charge < -0.3 is 14.2 Å². The Morgan fingerprint density at radius 1 is 1.00 bits per heavy atom. The number of fused-ring (bicyclic) bond motifs is 3. The van der Waals surface area contributed by atoms with Crippen molar-refractivity contribution in [3.05, 3.63) is 64.6 Å². The Hall–Kier alpha value is -3.61. The number of para-hydroxylation sites is 1. The summed E-state index contributed by atoms with van der Waals surface area (Å²) in [6, 6.07) is 14.9. The maximum Gasteiger partial charge on any atom is 0.296 e. The summed E-state index contributed by atoms with van der Waals surface area (Å²) in [5.74, 6) is 0.565. The van der Waals surface area contributed by atoms with E-state index < -0.39 is 0 Å². The summed E-state index contributed by atoms with van der Waals surface area (Å²) in [5, 5.41) is 6.12. The Morgan fingerprint density at radius 2 is 1.71 bits per heavy atom. The molecule has 0 atom stereocenters. The molecule has 3 heterocycles. The maximum atomic E-state index is 13.6. The molecule has 1 amide bonds. The number of carbonyl (C=O) groups is 1. The number of nitrogens with zero attached hydrogens (tertiary/aromatic N) is 4. The summed E-state index contributed by atoms with van der Waals surface area (Å²) in [6.45, 7) is 1.43. The molecule has 0 spiro atoms. The average molecular weight is 416 g/mol. The number of aromatic nitrogens is 3. The molecule has 2 aromatic carbocycles. The number of amides is 1. The zero-order valence-electron chi connectivity index (χ0n) is 17.7. The molecule has 0 saturated carbocycles. The van der Waals surface area contributed by atoms with E-state index in [1.807, 2.05) is 40.8 Å². The van der Waals surface area contributed by atoms with E-state index in [0.717, 1.165) is 30.2 Å². The molecule has 0 aliphatic carbocycles. The van der Waals surface area contributed by atoms with Crippen LogP contribution in [0.25, 0.3) is 27.5 Å². The number of hydrogen-bond acceptors (Lipinski definition) is 4. The van der Waals surface area contributed by atoms with E-state index in [1.165, 1.54) is 4.68 Å². The van der Waals surface area contributed by atoms with Gasteiger partial charge in [-0.3, -0.25) is 9.59 Å². The molecule has 7 nitrogen and oxygen atoms in total. The van der Waals surface area contributed by atoms with Gasteiger partial charge in [-0.2, -0.15) is 9.78 Å². The lowest BCUT2D eigenvalue weighted by Crippen LogP contribution is -2.37. The fourth-order valence-corrected chi connectivity index (χ4v) is 4.47. The Labute approximate surface area is 179 Å². The lowest BCUT2D eigenvalue weighted by Gasteiger charge is -2.26. The van der Waals surface area contributed by atoms with Crippen LogP contribution in [0.3, 0.4) is 0 Å². The zero-order chi connectivity index (χ0) is 21.5. The van der Waals surface area contributed by atoms with Gasteiger partial charge in [-0.1, -0.05) is 18.2 Å². The van der Waals surface area contributed by atoms with Crippen LogP contribution in [-0.2, 0) is 7.05 Å². The van der Waals surface area contributed by atoms with Gasteiger partial charge in [0.05, 0.1) is 12.8 Å². The molecular formula is C24H24N4O3. The first kappa shape index (κ1) is 19.4. The van der Waals surface area contributed by atoms with Crippen LogP contribution in [0.1, 0.15) is 29.8 Å². The molecule has 5 rings (SSSR count). The Balaban J connectivity index is 1.82. The quantitative estimate of drug-likeness (QED) is 0.513. The Kier molecular flexibility index (Phi) is 4.73. The predicted octanol–water partition coefficient (Wildman–Crippen LogP) is 3.51. The monoisotopic (exact) mass is 416 g/mol. The van der Waals surface area contributed by atoms with E-state index in [4.69, 9.17) is 4.74 Å². The van der Waals surface area contributed by atoms with Crippen LogP contribution in [0.5, 0.6) is 5.75 Å². The van der Waals surface area contributed by atoms with Crippen molar-refractivity contribution in [2.24, 2.45) is 7.05 Å². The van der Waals surface area contributed by atoms with Gasteiger partial charge in [-0.25, -0.2) is 0 Å². The summed E-state index contributed by atoms with van der Waals surface area (Å²) >= 11 is 0. The SMILES string of the molecule is COc1ccc(-n2nc(C(=O)N3CCCCC3)c3c4ccccc4n(C)c3c2=O)cc1. The van der Waals surface area contributed by atoms with Crippen molar-refractivity contribution in [3.63, 3.8) is 0 Å². The number of carbonyl (C=O) groups excluding carboxylic acids is 1. The molecule has 1 saturated heterocycles. The first-order chi connectivity index (χ1) is 15.1. The van der Waals surface area contributed by atoms with Crippen molar-refractivity contribution >= 4 is 27.7 Å². The Bertz CT molecular complexity index is 1350. The van der Waals surface area contributed by atoms with Crippen molar-refractivity contribution in [1.29, 1.82) is 0 Å². The summed E-state index contributed by atoms with van der Waals surface area (Å²) in [7, 11) is 3.45. The predicted molar refractivity (Wildman–Crippen MR) is 120 cm³/mol. The topological polar surface area (TPSA) is 69.4 Å². The number of methoxy groups -OCH3 is 1. The number of likely N-dealkylation sites (tertiary alicyclic amines) is 1. The lowest BCUT2D eigenvalue weighted by molar-refractivity contribution is 0.0718. The lowest BCUT2D eigenvalue weighted by atomic mass is 10.1. The van der Waals surface area contributed by atoms with E-state index in [0.29, 0.717) is 41.1 Å². The van der Waals surface area contributed by atoms with Crippen LogP contribution in [-0.4, -0.2) is 45.4 Å². The van der Waals surface area contributed by atoms with Crippen molar-refractivity contribution < 1.29 is 9.53 Å². The molecular weight excluding hydrogens is 392 g/mol. The average Bonchev–Trinajstić information content (AvgIpc) is 3.13. The van der Waals surface area contributed by atoms with Crippen molar-refractivity contribution in [1.82, 2.24) is 19.2 Å². The Morgan fingerprint density at radius 3 is 2.42 bits per heavy atom. The van der Waals surface area contributed by atoms with Crippen LogP contribution >= 0.6 is 0 Å². The molecule has 31 heavy (non-hydrogen) atoms. The summed E-state index contributed by atoms with van der Waals surface area (Å²) in [5.41, 5.74) is 2.03. The van der Waals surface area contributed by atoms with Crippen LogP contribution in [0, 0.1) is 0 Å². The van der Waals surface area contributed by atoms with Gasteiger partial charge in [0.25, 0.3) is 11.5 Å². The highest BCUT2D eigenvalue weighted by Crippen LogP contribution is 2.29. The molecule has 0 bridgehead atoms. The zero-order valence-corrected chi connectivity index (χ0v) is 17.7. The van der Waals surface area contributed by atoms with E-state index in [2.05, 4.69) is 5.10 Å². The number of benzene rings is 2. The minimum absolute atomic E-state index is 0.122. The van der Waals surface area contributed by atoms with Crippen molar-refractivity contribution in [2.75, 3.05) is 20.2 Å². The molecule has 2 aromatic heterocycles. The molecule has 0 unspecified atom stereocenters. The summed E-state index contributed by atoms with van der Waals surface area (Å²) < 4.78 is 8.43. The number of piperidine rings is 1. The molecule has 0 radical (unpaired) electrons. The van der Waals surface area contributed by atoms with Crippen molar-refractivity contribution in [2.45, 2.75) is 19.3 Å². The van der Waals surface area contributed by atoms with E-state index in [9.17, 15) is 9.59 Å². The third kappa shape index (κ3) is 3.08. The van der Waals surface area contributed by atoms with Gasteiger partial charge in [0.15, 0.2) is 5.69 Å². The maximum absolute atomic E-state index is 13.6. The van der Waals surface area contributed by atoms with Gasteiger partial charge in [0.2, 0.25) is 0 Å². The van der Waals surface area contributed by atoms with Crippen molar-refractivity contribution in [3.8, 4) is 11.4 Å². The molecule has 7 heteroatoms. The fraction of sp³-hybridized carbons (Fsp3) is 0.292. The third-order valence-corrected chi connectivity index (χ3v) is 6.10. The smallest absolute Gasteiger partial charge is 0.296 e. The van der Waals surface area contributed by atoms with Crippen LogP contribution in [0.4, 0.5) is 0 Å². The number of ether oxygens (including phenoxy) is 1. The molecule has 158 valence electrons. The second kappa shape index (κ2) is 7.58. The third-order valence-electron chi connectivity index (χ3n) is 6.10. The molecule has 1 aliphatic rings. The number of aryl methyl sites for hydroxylation is 1. The molecule has 1 aliphatic heterocycles. The minimum Gasteiger partial charge on any atom is -0.497 e. The van der Waals surface area contributed by atoms with Crippen LogP contribution in [0.2, 0.25) is 0 Å². The standard InChI is InChI=1S/C24H24N4O3/c1-26-19-9-5-4-8-18(19)20-21(23(29)27-14-6-3-7-15-27)25-28(24(30)22(20)26)16-10-12-17(31-2)13-11-16/h4-5,8-13H,3,6-7,14-15H2,1-2H3. The van der Waals surface area contributed by atoms with Gasteiger partial charge in [-0.05, 0) is 49.6 Å². The summed E-state index contributed by atoms with van der Waals surface area (Å²) in [4.78, 5) is 29.0. The molecule has 4 aromatic rings. The molecule has 1 fully saturated rings. The normalized spacial score (nSPS) is 14.3. The van der Waals surface area contributed by atoms with Gasteiger partial charge in [0.1, 0.15) is 11.3 Å². The van der Waals surface area contributed by atoms with E-state index >= 15 is 0 Å². The highest BCUT2D eigenvalue weighted by molar-refractivity contribution is 6.16. The minimum atomic E-state index is -0.255. The van der Waals surface area contributed by atoms with Gasteiger partial charge in [-0.15, -0.1) is 0 Å².